The maximum atomic E-state index is 13.3. The molecular weight excluding hydrogens is 457 g/mol. The molecule has 1 N–H and O–H groups in total. The maximum Gasteiger partial charge on any atom is 0.416 e. The summed E-state index contributed by atoms with van der Waals surface area (Å²) in [5.74, 6) is -0.902. The van der Waals surface area contributed by atoms with Crippen molar-refractivity contribution in [3.8, 4) is 16.9 Å². The quantitative estimate of drug-likeness (QED) is 0.455. The van der Waals surface area contributed by atoms with Crippen molar-refractivity contribution >= 4 is 15.8 Å². The molecule has 0 atom stereocenters. The topological polar surface area (TPSA) is 80.7 Å². The van der Waals surface area contributed by atoms with Gasteiger partial charge < -0.3 is 9.84 Å². The molecule has 33 heavy (non-hydrogen) atoms. The average Bonchev–Trinajstić information content (AvgIpc) is 2.76. The van der Waals surface area contributed by atoms with Gasteiger partial charge in [0, 0.05) is 0 Å². The SMILES string of the molecule is CCCOc1cc(CC(=O)O)cc(S(=O)(=O)c2cccc(-c3cccc(C(F)(F)F)c3)c2)c1. The van der Waals surface area contributed by atoms with E-state index in [0.29, 0.717) is 18.6 Å². The first-order chi connectivity index (χ1) is 15.5. The van der Waals surface area contributed by atoms with Gasteiger partial charge in [-0.25, -0.2) is 8.42 Å². The molecule has 0 spiro atoms. The molecule has 3 aromatic carbocycles. The molecule has 3 aromatic rings. The van der Waals surface area contributed by atoms with E-state index in [9.17, 15) is 26.4 Å². The van der Waals surface area contributed by atoms with Crippen LogP contribution in [-0.2, 0) is 27.2 Å². The summed E-state index contributed by atoms with van der Waals surface area (Å²) in [4.78, 5) is 10.9. The minimum absolute atomic E-state index is 0.133. The van der Waals surface area contributed by atoms with E-state index in [-0.39, 0.29) is 26.7 Å². The van der Waals surface area contributed by atoms with Crippen LogP contribution in [0.25, 0.3) is 11.1 Å². The molecule has 0 heterocycles. The third-order valence-corrected chi connectivity index (χ3v) is 6.48. The van der Waals surface area contributed by atoms with E-state index in [1.54, 1.807) is 0 Å². The Labute approximate surface area is 189 Å². The first kappa shape index (κ1) is 24.3. The Balaban J connectivity index is 2.06. The Morgan fingerprint density at radius 2 is 1.61 bits per heavy atom. The summed E-state index contributed by atoms with van der Waals surface area (Å²) < 4.78 is 71.4. The van der Waals surface area contributed by atoms with Gasteiger partial charge in [-0.05, 0) is 65.6 Å². The minimum Gasteiger partial charge on any atom is -0.494 e. The van der Waals surface area contributed by atoms with E-state index >= 15 is 0 Å². The number of benzene rings is 3. The van der Waals surface area contributed by atoms with Crippen LogP contribution >= 0.6 is 0 Å². The molecule has 0 saturated carbocycles. The Bertz CT molecular complexity index is 1270. The highest BCUT2D eigenvalue weighted by Crippen LogP contribution is 2.34. The molecule has 0 bridgehead atoms. The van der Waals surface area contributed by atoms with Crippen LogP contribution in [0, 0.1) is 0 Å². The van der Waals surface area contributed by atoms with Gasteiger partial charge in [0.05, 0.1) is 28.4 Å². The molecule has 0 saturated heterocycles. The van der Waals surface area contributed by atoms with E-state index in [2.05, 4.69) is 0 Å². The number of carboxylic acid groups (broad SMARTS) is 1. The summed E-state index contributed by atoms with van der Waals surface area (Å²) in [6, 6.07) is 14.3. The van der Waals surface area contributed by atoms with Crippen LogP contribution in [0.1, 0.15) is 24.5 Å². The molecule has 9 heteroatoms. The van der Waals surface area contributed by atoms with Crippen LogP contribution in [0.2, 0.25) is 0 Å². The number of carbonyl (C=O) groups is 1. The van der Waals surface area contributed by atoms with Gasteiger partial charge in [-0.15, -0.1) is 0 Å². The van der Waals surface area contributed by atoms with Crippen molar-refractivity contribution in [3.63, 3.8) is 0 Å². The highest BCUT2D eigenvalue weighted by atomic mass is 32.2. The molecule has 0 radical (unpaired) electrons. The lowest BCUT2D eigenvalue weighted by Crippen LogP contribution is -2.07. The molecule has 0 fully saturated rings. The van der Waals surface area contributed by atoms with E-state index in [0.717, 1.165) is 12.1 Å². The zero-order chi connectivity index (χ0) is 24.2. The van der Waals surface area contributed by atoms with Crippen LogP contribution in [0.4, 0.5) is 13.2 Å². The summed E-state index contributed by atoms with van der Waals surface area (Å²) in [6.45, 7) is 2.19. The number of halogens is 3. The zero-order valence-corrected chi connectivity index (χ0v) is 18.4. The second-order valence-electron chi connectivity index (χ2n) is 7.34. The normalized spacial score (nSPS) is 11.9. The predicted molar refractivity (Wildman–Crippen MR) is 116 cm³/mol. The van der Waals surface area contributed by atoms with Crippen LogP contribution in [0.15, 0.2) is 76.5 Å². The Morgan fingerprint density at radius 3 is 2.24 bits per heavy atom. The van der Waals surface area contributed by atoms with Gasteiger partial charge >= 0.3 is 12.1 Å². The maximum absolute atomic E-state index is 13.3. The highest BCUT2D eigenvalue weighted by Gasteiger charge is 2.30. The van der Waals surface area contributed by atoms with Crippen LogP contribution in [0.3, 0.4) is 0 Å². The van der Waals surface area contributed by atoms with Crippen molar-refractivity contribution in [2.24, 2.45) is 0 Å². The predicted octanol–water partition coefficient (Wildman–Crippen LogP) is 5.62. The summed E-state index contributed by atoms with van der Waals surface area (Å²) in [5, 5.41) is 9.12. The lowest BCUT2D eigenvalue weighted by atomic mass is 10.0. The van der Waals surface area contributed by atoms with Gasteiger partial charge in [0.2, 0.25) is 9.84 Å². The molecule has 5 nitrogen and oxygen atoms in total. The largest absolute Gasteiger partial charge is 0.494 e. The average molecular weight is 478 g/mol. The fraction of sp³-hybridized carbons (Fsp3) is 0.208. The van der Waals surface area contributed by atoms with Gasteiger partial charge in [-0.3, -0.25) is 4.79 Å². The van der Waals surface area contributed by atoms with Gasteiger partial charge in [0.1, 0.15) is 5.75 Å². The van der Waals surface area contributed by atoms with Gasteiger partial charge in [-0.2, -0.15) is 13.2 Å². The Morgan fingerprint density at radius 1 is 0.939 bits per heavy atom. The van der Waals surface area contributed by atoms with Crippen molar-refractivity contribution in [3.05, 3.63) is 77.9 Å². The Kier molecular flexibility index (Phi) is 7.12. The van der Waals surface area contributed by atoms with Gasteiger partial charge in [0.15, 0.2) is 0 Å². The molecule has 0 aliphatic heterocycles. The smallest absolute Gasteiger partial charge is 0.416 e. The number of carboxylic acids is 1. The Hall–Kier alpha value is -3.33. The molecule has 0 unspecified atom stereocenters. The fourth-order valence-electron chi connectivity index (χ4n) is 3.22. The third kappa shape index (κ3) is 5.92. The lowest BCUT2D eigenvalue weighted by Gasteiger charge is -2.12. The first-order valence-corrected chi connectivity index (χ1v) is 11.5. The van der Waals surface area contributed by atoms with Crippen LogP contribution in [0.5, 0.6) is 5.75 Å². The van der Waals surface area contributed by atoms with Gasteiger partial charge in [-0.1, -0.05) is 31.2 Å². The highest BCUT2D eigenvalue weighted by molar-refractivity contribution is 7.91. The van der Waals surface area contributed by atoms with E-state index < -0.39 is 34.0 Å². The molecule has 174 valence electrons. The lowest BCUT2D eigenvalue weighted by molar-refractivity contribution is -0.138. The van der Waals surface area contributed by atoms with Crippen molar-refractivity contribution in [2.45, 2.75) is 35.7 Å². The number of sulfone groups is 1. The number of hydrogen-bond acceptors (Lipinski definition) is 4. The second-order valence-corrected chi connectivity index (χ2v) is 9.29. The van der Waals surface area contributed by atoms with Crippen molar-refractivity contribution in [1.29, 1.82) is 0 Å². The van der Waals surface area contributed by atoms with Crippen LogP contribution < -0.4 is 4.74 Å². The van der Waals surface area contributed by atoms with Crippen LogP contribution in [-0.4, -0.2) is 26.1 Å². The summed E-state index contributed by atoms with van der Waals surface area (Å²) in [6.07, 6.45) is -4.25. The number of hydrogen-bond donors (Lipinski definition) is 1. The third-order valence-electron chi connectivity index (χ3n) is 4.75. The number of ether oxygens (including phenoxy) is 1. The minimum atomic E-state index is -4.53. The molecule has 0 amide bonds. The second kappa shape index (κ2) is 9.66. The van der Waals surface area contributed by atoms with Crippen molar-refractivity contribution in [1.82, 2.24) is 0 Å². The zero-order valence-electron chi connectivity index (χ0n) is 17.6. The number of alkyl halides is 3. The fourth-order valence-corrected chi connectivity index (χ4v) is 4.61. The van der Waals surface area contributed by atoms with E-state index in [4.69, 9.17) is 9.84 Å². The van der Waals surface area contributed by atoms with Gasteiger partial charge in [0.25, 0.3) is 0 Å². The van der Waals surface area contributed by atoms with Crippen molar-refractivity contribution in [2.75, 3.05) is 6.61 Å². The van der Waals surface area contributed by atoms with Crippen molar-refractivity contribution < 1.29 is 36.2 Å². The molecular formula is C24H21F3O5S. The molecule has 0 aliphatic carbocycles. The summed E-state index contributed by atoms with van der Waals surface area (Å²) in [7, 11) is -4.11. The molecule has 0 aromatic heterocycles. The number of rotatable bonds is 8. The monoisotopic (exact) mass is 478 g/mol. The number of aliphatic carboxylic acids is 1. The molecule has 3 rings (SSSR count). The first-order valence-electron chi connectivity index (χ1n) is 10.0. The summed E-state index contributed by atoms with van der Waals surface area (Å²) in [5.41, 5.74) is -0.0733. The van der Waals surface area contributed by atoms with E-state index in [1.165, 1.54) is 54.6 Å². The summed E-state index contributed by atoms with van der Waals surface area (Å²) >= 11 is 0. The molecule has 0 aliphatic rings. The standard InChI is InChI=1S/C24H21F3O5S/c1-2-9-32-20-10-16(12-23(28)29)11-22(15-20)33(30,31)21-8-4-6-18(14-21)17-5-3-7-19(13-17)24(25,26)27/h3-8,10-11,13-15H,2,9,12H2,1H3,(H,28,29). The van der Waals surface area contributed by atoms with E-state index in [1.807, 2.05) is 6.92 Å².